The number of nitrogens with zero attached hydrogens (tertiary/aromatic N) is 1. The summed E-state index contributed by atoms with van der Waals surface area (Å²) in [6.07, 6.45) is 4.61. The first kappa shape index (κ1) is 23.5. The van der Waals surface area contributed by atoms with Crippen molar-refractivity contribution >= 4 is 18.0 Å². The fourth-order valence-electron chi connectivity index (χ4n) is 4.69. The number of cyclic esters (lactones) is 1. The van der Waals surface area contributed by atoms with Crippen molar-refractivity contribution in [2.45, 2.75) is 50.8 Å². The second-order valence-electron chi connectivity index (χ2n) is 9.34. The molecule has 0 saturated carbocycles. The average molecular weight is 454 g/mol. The largest absolute Gasteiger partial charge is 0.447 e. The highest BCUT2D eigenvalue weighted by Crippen LogP contribution is 2.40. The summed E-state index contributed by atoms with van der Waals surface area (Å²) in [6.45, 7) is 5.52. The Morgan fingerprint density at radius 1 is 0.853 bits per heavy atom. The number of morpholine rings is 1. The molecule has 1 aliphatic rings. The maximum Gasteiger partial charge on any atom is 0.333 e. The number of rotatable bonds is 7. The molecule has 4 heteroatoms. The number of hydrogen-bond acceptors (Lipinski definition) is 3. The van der Waals surface area contributed by atoms with E-state index in [9.17, 15) is 9.59 Å². The zero-order valence-electron chi connectivity index (χ0n) is 20.0. The van der Waals surface area contributed by atoms with Crippen LogP contribution in [0.3, 0.4) is 0 Å². The predicted molar refractivity (Wildman–Crippen MR) is 135 cm³/mol. The number of carbonyl (C=O) groups excluding carboxylic acids is 2. The third-order valence-electron chi connectivity index (χ3n) is 6.64. The van der Waals surface area contributed by atoms with E-state index in [4.69, 9.17) is 4.74 Å². The summed E-state index contributed by atoms with van der Waals surface area (Å²) in [4.78, 5) is 29.4. The van der Waals surface area contributed by atoms with Gasteiger partial charge in [0.15, 0.2) is 5.60 Å². The predicted octanol–water partition coefficient (Wildman–Crippen LogP) is 6.00. The van der Waals surface area contributed by atoms with Crippen LogP contribution >= 0.6 is 0 Å². The van der Waals surface area contributed by atoms with E-state index in [2.05, 4.69) is 0 Å². The van der Waals surface area contributed by atoms with Crippen molar-refractivity contribution in [2.24, 2.45) is 0 Å². The summed E-state index contributed by atoms with van der Waals surface area (Å²) in [6, 6.07) is 29.1. The van der Waals surface area contributed by atoms with Gasteiger partial charge >= 0.3 is 5.97 Å². The molecule has 0 aromatic heterocycles. The molecule has 3 atom stereocenters. The van der Waals surface area contributed by atoms with E-state index in [0.29, 0.717) is 12.8 Å². The summed E-state index contributed by atoms with van der Waals surface area (Å²) >= 11 is 0. The summed E-state index contributed by atoms with van der Waals surface area (Å²) in [5, 5.41) is 0. The van der Waals surface area contributed by atoms with Crippen LogP contribution in [0.2, 0.25) is 0 Å². The van der Waals surface area contributed by atoms with Gasteiger partial charge in [0.25, 0.3) is 5.91 Å². The smallest absolute Gasteiger partial charge is 0.333 e. The van der Waals surface area contributed by atoms with Gasteiger partial charge < -0.3 is 9.64 Å². The average Bonchev–Trinajstić information content (AvgIpc) is 2.85. The Kier molecular flexibility index (Phi) is 6.69. The minimum Gasteiger partial charge on any atom is -0.447 e. The van der Waals surface area contributed by atoms with Crippen LogP contribution < -0.4 is 0 Å². The molecule has 4 rings (SSSR count). The Bertz CT molecular complexity index is 1160. The van der Waals surface area contributed by atoms with Crippen molar-refractivity contribution in [2.75, 3.05) is 0 Å². The molecule has 0 unspecified atom stereocenters. The van der Waals surface area contributed by atoms with Gasteiger partial charge in [0, 0.05) is 6.42 Å². The first-order chi connectivity index (χ1) is 16.3. The van der Waals surface area contributed by atoms with E-state index >= 15 is 0 Å². The lowest BCUT2D eigenvalue weighted by molar-refractivity contribution is -0.203. The molecular formula is C30H31NO3. The standard InChI is InChI=1S/C30H31NO3/c1-23(26-19-11-6-12-20-26)31-27(32)30(3,22-25-16-9-5-10-17-25)34-28(33)29(31,2)21-13-18-24-14-7-4-8-15-24/h4-20,23H,21-22H2,1-3H3/b18-13+/t23-,29+,30-/m0/s1. The number of hydrogen-bond donors (Lipinski definition) is 0. The second kappa shape index (κ2) is 9.68. The van der Waals surface area contributed by atoms with Gasteiger partial charge in [-0.1, -0.05) is 103 Å². The molecular weight excluding hydrogens is 422 g/mol. The van der Waals surface area contributed by atoms with E-state index in [1.54, 1.807) is 11.8 Å². The molecule has 1 heterocycles. The molecule has 34 heavy (non-hydrogen) atoms. The van der Waals surface area contributed by atoms with Crippen LogP contribution in [0.4, 0.5) is 0 Å². The van der Waals surface area contributed by atoms with Crippen molar-refractivity contribution in [1.29, 1.82) is 0 Å². The Morgan fingerprint density at radius 3 is 2.03 bits per heavy atom. The van der Waals surface area contributed by atoms with Gasteiger partial charge in [0.05, 0.1) is 6.04 Å². The minimum absolute atomic E-state index is 0.178. The van der Waals surface area contributed by atoms with Crippen molar-refractivity contribution in [1.82, 2.24) is 4.90 Å². The molecule has 1 aliphatic heterocycles. The van der Waals surface area contributed by atoms with E-state index in [-0.39, 0.29) is 17.9 Å². The van der Waals surface area contributed by atoms with Gasteiger partial charge in [-0.15, -0.1) is 0 Å². The van der Waals surface area contributed by atoms with Crippen LogP contribution in [0.25, 0.3) is 6.08 Å². The Balaban J connectivity index is 1.70. The summed E-state index contributed by atoms with van der Waals surface area (Å²) in [7, 11) is 0. The fourth-order valence-corrected chi connectivity index (χ4v) is 4.69. The number of carbonyl (C=O) groups is 2. The van der Waals surface area contributed by atoms with E-state index in [0.717, 1.165) is 16.7 Å². The monoisotopic (exact) mass is 453 g/mol. The fraction of sp³-hybridized carbons (Fsp3) is 0.267. The normalized spacial score (nSPS) is 23.7. The van der Waals surface area contributed by atoms with Crippen molar-refractivity contribution in [3.8, 4) is 0 Å². The third kappa shape index (κ3) is 4.67. The Hall–Kier alpha value is -3.66. The number of esters is 1. The molecule has 0 radical (unpaired) electrons. The van der Waals surface area contributed by atoms with Crippen LogP contribution in [0.15, 0.2) is 97.1 Å². The van der Waals surface area contributed by atoms with Crippen LogP contribution in [0.1, 0.15) is 49.9 Å². The summed E-state index contributed by atoms with van der Waals surface area (Å²) < 4.78 is 5.96. The molecule has 1 amide bonds. The molecule has 1 saturated heterocycles. The van der Waals surface area contributed by atoms with Gasteiger partial charge in [-0.05, 0) is 43.9 Å². The summed E-state index contributed by atoms with van der Waals surface area (Å²) in [5.41, 5.74) is 0.563. The molecule has 3 aromatic carbocycles. The van der Waals surface area contributed by atoms with Crippen LogP contribution in [0, 0.1) is 0 Å². The van der Waals surface area contributed by atoms with Gasteiger partial charge in [0.1, 0.15) is 5.54 Å². The molecule has 3 aromatic rings. The highest BCUT2D eigenvalue weighted by Gasteiger charge is 2.57. The van der Waals surface area contributed by atoms with Crippen molar-refractivity contribution < 1.29 is 14.3 Å². The van der Waals surface area contributed by atoms with Crippen LogP contribution in [-0.4, -0.2) is 27.9 Å². The van der Waals surface area contributed by atoms with Crippen LogP contribution in [0.5, 0.6) is 0 Å². The number of amides is 1. The molecule has 0 bridgehead atoms. The minimum atomic E-state index is -1.27. The Morgan fingerprint density at radius 2 is 1.41 bits per heavy atom. The molecule has 0 aliphatic carbocycles. The highest BCUT2D eigenvalue weighted by molar-refractivity contribution is 5.98. The SMILES string of the molecule is C[C@@H](c1ccccc1)N1C(=O)[C@](C)(Cc2ccccc2)OC(=O)[C@@]1(C)C/C=C/c1ccccc1. The topological polar surface area (TPSA) is 46.6 Å². The third-order valence-corrected chi connectivity index (χ3v) is 6.64. The molecule has 174 valence electrons. The second-order valence-corrected chi connectivity index (χ2v) is 9.34. The van der Waals surface area contributed by atoms with Crippen molar-refractivity contribution in [3.63, 3.8) is 0 Å². The molecule has 0 N–H and O–H groups in total. The van der Waals surface area contributed by atoms with E-state index in [1.807, 2.05) is 117 Å². The highest BCUT2D eigenvalue weighted by atomic mass is 16.6. The molecule has 4 nitrogen and oxygen atoms in total. The Labute approximate surface area is 201 Å². The maximum absolute atomic E-state index is 14.1. The van der Waals surface area contributed by atoms with E-state index in [1.165, 1.54) is 0 Å². The summed E-state index contributed by atoms with van der Waals surface area (Å²) in [5.74, 6) is -0.561. The maximum atomic E-state index is 14.1. The number of ether oxygens (including phenoxy) is 1. The van der Waals surface area contributed by atoms with Gasteiger partial charge in [0.2, 0.25) is 0 Å². The lowest BCUT2D eigenvalue weighted by Gasteiger charge is -2.51. The first-order valence-corrected chi connectivity index (χ1v) is 11.7. The lowest BCUT2D eigenvalue weighted by Crippen LogP contribution is -2.68. The van der Waals surface area contributed by atoms with Gasteiger partial charge in [-0.3, -0.25) is 4.79 Å². The van der Waals surface area contributed by atoms with E-state index < -0.39 is 11.1 Å². The zero-order valence-corrected chi connectivity index (χ0v) is 20.0. The first-order valence-electron chi connectivity index (χ1n) is 11.7. The van der Waals surface area contributed by atoms with Crippen LogP contribution in [-0.2, 0) is 20.7 Å². The molecule has 1 fully saturated rings. The van der Waals surface area contributed by atoms with Gasteiger partial charge in [-0.2, -0.15) is 0 Å². The van der Waals surface area contributed by atoms with Crippen molar-refractivity contribution in [3.05, 3.63) is 114 Å². The molecule has 0 spiro atoms. The number of benzene rings is 3. The zero-order chi connectivity index (χ0) is 24.2. The van der Waals surface area contributed by atoms with Gasteiger partial charge in [-0.25, -0.2) is 4.79 Å². The quantitative estimate of drug-likeness (QED) is 0.413. The lowest BCUT2D eigenvalue weighted by atomic mass is 9.83.